The number of nitrogens with zero attached hydrogens (tertiary/aromatic N) is 4. The summed E-state index contributed by atoms with van der Waals surface area (Å²) in [5.74, 6) is 2.66. The largest absolute Gasteiger partial charge is 0.495 e. The highest BCUT2D eigenvalue weighted by Gasteiger charge is 2.25. The first-order valence-electron chi connectivity index (χ1n) is 12.3. The van der Waals surface area contributed by atoms with E-state index in [1.807, 2.05) is 37.0 Å². The minimum atomic E-state index is 0.444. The van der Waals surface area contributed by atoms with E-state index >= 15 is 0 Å². The number of methoxy groups -OCH3 is 1. The molecule has 1 fully saturated rings. The van der Waals surface area contributed by atoms with E-state index in [0.717, 1.165) is 46.2 Å². The quantitative estimate of drug-likeness (QED) is 0.298. The molecule has 34 heavy (non-hydrogen) atoms. The van der Waals surface area contributed by atoms with Crippen molar-refractivity contribution in [1.29, 1.82) is 0 Å². The zero-order valence-corrected chi connectivity index (χ0v) is 21.4. The minimum Gasteiger partial charge on any atom is -0.495 e. The Kier molecular flexibility index (Phi) is 7.25. The van der Waals surface area contributed by atoms with Gasteiger partial charge in [-0.05, 0) is 63.8 Å². The Hall–Kier alpha value is -3.28. The van der Waals surface area contributed by atoms with Gasteiger partial charge in [0.1, 0.15) is 17.4 Å². The second-order valence-corrected chi connectivity index (χ2v) is 9.39. The first kappa shape index (κ1) is 23.9. The summed E-state index contributed by atoms with van der Waals surface area (Å²) in [6, 6.07) is 8.90. The molecular weight excluding hydrogens is 422 g/mol. The number of benzene rings is 1. The summed E-state index contributed by atoms with van der Waals surface area (Å²) in [5.41, 5.74) is 6.89. The van der Waals surface area contributed by atoms with Crippen LogP contribution in [-0.4, -0.2) is 27.3 Å². The van der Waals surface area contributed by atoms with E-state index in [1.165, 1.54) is 37.0 Å². The Morgan fingerprint density at radius 3 is 2.65 bits per heavy atom. The lowest BCUT2D eigenvalue weighted by Gasteiger charge is -2.19. The molecule has 0 unspecified atom stereocenters. The maximum Gasteiger partial charge on any atom is 0.142 e. The standard InChI is InChI=1S/C28H37N5O/c1-7-19(2)14-22-16-26(23-17-29-32(5)18-23)33(24-10-8-9-11-24)28(22)31-21(4)30-25-13-12-20(3)15-27(25)34-6/h12-18,24H,7-11H2,1-6H3,(H,30,31). The number of anilines is 1. The van der Waals surface area contributed by atoms with Gasteiger partial charge >= 0.3 is 0 Å². The number of rotatable bonds is 7. The van der Waals surface area contributed by atoms with Crippen LogP contribution >= 0.6 is 0 Å². The Labute approximate surface area is 203 Å². The van der Waals surface area contributed by atoms with E-state index in [2.05, 4.69) is 60.2 Å². The van der Waals surface area contributed by atoms with Gasteiger partial charge in [-0.1, -0.05) is 37.5 Å². The zero-order chi connectivity index (χ0) is 24.2. The van der Waals surface area contributed by atoms with E-state index in [0.29, 0.717) is 6.04 Å². The van der Waals surface area contributed by atoms with Gasteiger partial charge in [-0.25, -0.2) is 4.99 Å². The average molecular weight is 460 g/mol. The maximum absolute atomic E-state index is 5.60. The summed E-state index contributed by atoms with van der Waals surface area (Å²) in [4.78, 5) is 5.18. The van der Waals surface area contributed by atoms with Gasteiger partial charge in [0, 0.05) is 30.4 Å². The molecule has 0 saturated heterocycles. The van der Waals surface area contributed by atoms with Gasteiger partial charge in [0.2, 0.25) is 0 Å². The molecule has 1 aromatic carbocycles. The third-order valence-corrected chi connectivity index (χ3v) is 6.63. The normalized spacial score (nSPS) is 15.2. The first-order valence-corrected chi connectivity index (χ1v) is 12.3. The molecule has 0 spiro atoms. The minimum absolute atomic E-state index is 0.444. The Morgan fingerprint density at radius 2 is 2.00 bits per heavy atom. The van der Waals surface area contributed by atoms with Crippen LogP contribution in [0.25, 0.3) is 17.3 Å². The molecule has 1 saturated carbocycles. The molecule has 0 atom stereocenters. The highest BCUT2D eigenvalue weighted by molar-refractivity contribution is 5.97. The van der Waals surface area contributed by atoms with Gasteiger partial charge < -0.3 is 14.6 Å². The number of aliphatic imine (C=N–C) groups is 1. The molecule has 3 aromatic rings. The highest BCUT2D eigenvalue weighted by Crippen LogP contribution is 2.42. The zero-order valence-electron chi connectivity index (χ0n) is 21.4. The monoisotopic (exact) mass is 459 g/mol. The number of ether oxygens (including phenoxy) is 1. The fraction of sp³-hybridized carbons (Fsp3) is 0.429. The lowest BCUT2D eigenvalue weighted by Crippen LogP contribution is -2.10. The van der Waals surface area contributed by atoms with Crippen molar-refractivity contribution in [3.05, 3.63) is 53.4 Å². The van der Waals surface area contributed by atoms with Gasteiger partial charge in [0.25, 0.3) is 0 Å². The maximum atomic E-state index is 5.60. The molecular formula is C28H37N5O. The topological polar surface area (TPSA) is 56.4 Å². The summed E-state index contributed by atoms with van der Waals surface area (Å²) >= 11 is 0. The van der Waals surface area contributed by atoms with E-state index in [1.54, 1.807) is 7.11 Å². The summed E-state index contributed by atoms with van der Waals surface area (Å²) in [6.07, 6.45) is 12.2. The third-order valence-electron chi connectivity index (χ3n) is 6.63. The smallest absolute Gasteiger partial charge is 0.142 e. The van der Waals surface area contributed by atoms with Crippen molar-refractivity contribution in [2.75, 3.05) is 12.4 Å². The summed E-state index contributed by atoms with van der Waals surface area (Å²) in [5, 5.41) is 7.92. The van der Waals surface area contributed by atoms with Gasteiger partial charge in [0.05, 0.1) is 24.7 Å². The number of allylic oxidation sites excluding steroid dienone is 1. The summed E-state index contributed by atoms with van der Waals surface area (Å²) in [6.45, 7) is 8.47. The predicted molar refractivity (Wildman–Crippen MR) is 142 cm³/mol. The van der Waals surface area contributed by atoms with Crippen LogP contribution in [0, 0.1) is 6.92 Å². The third kappa shape index (κ3) is 5.11. The van der Waals surface area contributed by atoms with Crippen LogP contribution in [0.5, 0.6) is 5.75 Å². The Morgan fingerprint density at radius 1 is 1.24 bits per heavy atom. The molecule has 1 aliphatic rings. The van der Waals surface area contributed by atoms with E-state index < -0.39 is 0 Å². The number of aromatic nitrogens is 3. The first-order chi connectivity index (χ1) is 16.4. The van der Waals surface area contributed by atoms with Crippen molar-refractivity contribution in [3.63, 3.8) is 0 Å². The molecule has 2 heterocycles. The lowest BCUT2D eigenvalue weighted by atomic mass is 10.1. The molecule has 1 aliphatic carbocycles. The van der Waals surface area contributed by atoms with Crippen molar-refractivity contribution in [2.24, 2.45) is 12.0 Å². The van der Waals surface area contributed by atoms with Crippen LogP contribution in [0.2, 0.25) is 0 Å². The van der Waals surface area contributed by atoms with Gasteiger partial charge in [0.15, 0.2) is 0 Å². The van der Waals surface area contributed by atoms with E-state index in [4.69, 9.17) is 9.73 Å². The van der Waals surface area contributed by atoms with Crippen molar-refractivity contribution < 1.29 is 4.74 Å². The number of amidine groups is 1. The fourth-order valence-electron chi connectivity index (χ4n) is 4.72. The van der Waals surface area contributed by atoms with Gasteiger partial charge in [-0.15, -0.1) is 0 Å². The van der Waals surface area contributed by atoms with Crippen molar-refractivity contribution in [2.45, 2.75) is 65.8 Å². The number of nitrogens with one attached hydrogen (secondary N) is 1. The average Bonchev–Trinajstić information content (AvgIpc) is 3.56. The molecule has 2 aromatic heterocycles. The molecule has 0 radical (unpaired) electrons. The molecule has 6 nitrogen and oxygen atoms in total. The molecule has 0 bridgehead atoms. The molecule has 0 amide bonds. The number of hydrogen-bond donors (Lipinski definition) is 1. The number of aryl methyl sites for hydroxylation is 2. The fourth-order valence-corrected chi connectivity index (χ4v) is 4.72. The van der Waals surface area contributed by atoms with Gasteiger partial charge in [-0.3, -0.25) is 4.68 Å². The lowest BCUT2D eigenvalue weighted by molar-refractivity contribution is 0.416. The van der Waals surface area contributed by atoms with E-state index in [9.17, 15) is 0 Å². The van der Waals surface area contributed by atoms with Crippen LogP contribution < -0.4 is 10.1 Å². The van der Waals surface area contributed by atoms with Crippen LogP contribution in [0.3, 0.4) is 0 Å². The SMILES string of the molecule is CCC(C)=Cc1cc(-c2cnn(C)c2)n(C2CCCC2)c1/N=C(\C)Nc1ccc(C)cc1OC. The van der Waals surface area contributed by atoms with Crippen molar-refractivity contribution in [1.82, 2.24) is 14.3 Å². The predicted octanol–water partition coefficient (Wildman–Crippen LogP) is 7.30. The molecule has 180 valence electrons. The van der Waals surface area contributed by atoms with Crippen LogP contribution in [0.1, 0.15) is 70.0 Å². The molecule has 4 rings (SSSR count). The van der Waals surface area contributed by atoms with Crippen molar-refractivity contribution in [3.8, 4) is 17.0 Å². The molecule has 6 heteroatoms. The Balaban J connectivity index is 1.84. The van der Waals surface area contributed by atoms with Crippen LogP contribution in [-0.2, 0) is 7.05 Å². The molecule has 0 aliphatic heterocycles. The highest BCUT2D eigenvalue weighted by atomic mass is 16.5. The van der Waals surface area contributed by atoms with Gasteiger partial charge in [-0.2, -0.15) is 5.10 Å². The van der Waals surface area contributed by atoms with Crippen LogP contribution in [0.15, 0.2) is 47.2 Å². The van der Waals surface area contributed by atoms with E-state index in [-0.39, 0.29) is 0 Å². The summed E-state index contributed by atoms with van der Waals surface area (Å²) in [7, 11) is 3.67. The second-order valence-electron chi connectivity index (χ2n) is 9.39. The van der Waals surface area contributed by atoms with Crippen molar-refractivity contribution >= 4 is 23.4 Å². The molecule has 1 N–H and O–H groups in total. The summed E-state index contributed by atoms with van der Waals surface area (Å²) < 4.78 is 9.92. The number of hydrogen-bond acceptors (Lipinski definition) is 3. The second kappa shape index (κ2) is 10.3. The Bertz CT molecular complexity index is 1210. The van der Waals surface area contributed by atoms with Crippen LogP contribution in [0.4, 0.5) is 11.5 Å².